The van der Waals surface area contributed by atoms with Gasteiger partial charge in [-0.1, -0.05) is 6.07 Å². The number of carbonyl (C=O) groups is 1. The van der Waals surface area contributed by atoms with Gasteiger partial charge in [0.25, 0.3) is 0 Å². The van der Waals surface area contributed by atoms with Crippen molar-refractivity contribution in [3.05, 3.63) is 54.4 Å². The lowest BCUT2D eigenvalue weighted by Gasteiger charge is -2.07. The number of carbonyl (C=O) groups excluding carboxylic acids is 1. The third-order valence-electron chi connectivity index (χ3n) is 2.91. The van der Waals surface area contributed by atoms with Crippen LogP contribution in [-0.4, -0.2) is 24.0 Å². The van der Waals surface area contributed by atoms with Gasteiger partial charge in [-0.2, -0.15) is 0 Å². The van der Waals surface area contributed by atoms with Crippen LogP contribution in [0.2, 0.25) is 0 Å². The first-order valence-electron chi connectivity index (χ1n) is 6.89. The van der Waals surface area contributed by atoms with E-state index in [1.54, 1.807) is 30.5 Å². The molecule has 0 aliphatic rings. The number of hydrogen-bond donors (Lipinski definition) is 2. The topological polar surface area (TPSA) is 77.2 Å². The van der Waals surface area contributed by atoms with E-state index < -0.39 is 0 Å². The Labute approximate surface area is 124 Å². The SMILES string of the molecule is Nc1ccc(OCCC(=O)NCCc2ccccn2)cc1. The second-order valence-corrected chi connectivity index (χ2v) is 4.59. The van der Waals surface area contributed by atoms with E-state index in [2.05, 4.69) is 10.3 Å². The first-order chi connectivity index (χ1) is 10.2. The molecule has 2 rings (SSSR count). The van der Waals surface area contributed by atoms with Gasteiger partial charge in [0.2, 0.25) is 5.91 Å². The molecule has 0 aliphatic carbocycles. The molecule has 0 saturated heterocycles. The normalized spacial score (nSPS) is 10.1. The zero-order valence-corrected chi connectivity index (χ0v) is 11.8. The maximum Gasteiger partial charge on any atom is 0.223 e. The van der Waals surface area contributed by atoms with E-state index in [1.807, 2.05) is 18.2 Å². The van der Waals surface area contributed by atoms with Crippen LogP contribution in [0.25, 0.3) is 0 Å². The summed E-state index contributed by atoms with van der Waals surface area (Å²) in [5, 5.41) is 2.85. The Bertz CT molecular complexity index is 555. The summed E-state index contributed by atoms with van der Waals surface area (Å²) in [6.45, 7) is 0.928. The third-order valence-corrected chi connectivity index (χ3v) is 2.91. The molecule has 2 aromatic rings. The highest BCUT2D eigenvalue weighted by Gasteiger charge is 2.02. The number of hydrogen-bond acceptors (Lipinski definition) is 4. The first kappa shape index (κ1) is 14.8. The number of nitrogens with one attached hydrogen (secondary N) is 1. The number of aromatic nitrogens is 1. The monoisotopic (exact) mass is 285 g/mol. The van der Waals surface area contributed by atoms with Crippen LogP contribution >= 0.6 is 0 Å². The van der Waals surface area contributed by atoms with Gasteiger partial charge >= 0.3 is 0 Å². The summed E-state index contributed by atoms with van der Waals surface area (Å²) in [5.41, 5.74) is 7.24. The summed E-state index contributed by atoms with van der Waals surface area (Å²) in [7, 11) is 0. The molecule has 5 nitrogen and oxygen atoms in total. The van der Waals surface area contributed by atoms with Gasteiger partial charge in [-0.05, 0) is 36.4 Å². The molecule has 0 bridgehead atoms. The van der Waals surface area contributed by atoms with Crippen molar-refractivity contribution in [3.63, 3.8) is 0 Å². The fourth-order valence-electron chi connectivity index (χ4n) is 1.79. The van der Waals surface area contributed by atoms with Gasteiger partial charge in [0.05, 0.1) is 13.0 Å². The largest absolute Gasteiger partial charge is 0.493 e. The molecule has 110 valence electrons. The van der Waals surface area contributed by atoms with Gasteiger partial charge < -0.3 is 15.8 Å². The van der Waals surface area contributed by atoms with Crippen LogP contribution in [0.4, 0.5) is 5.69 Å². The molecule has 0 fully saturated rings. The number of nitrogens with zero attached hydrogens (tertiary/aromatic N) is 1. The predicted octanol–water partition coefficient (Wildman–Crippen LogP) is 1.79. The lowest BCUT2D eigenvalue weighted by Crippen LogP contribution is -2.27. The van der Waals surface area contributed by atoms with Crippen molar-refractivity contribution in [2.24, 2.45) is 0 Å². The van der Waals surface area contributed by atoms with Crippen LogP contribution in [-0.2, 0) is 11.2 Å². The number of rotatable bonds is 7. The maximum absolute atomic E-state index is 11.6. The lowest BCUT2D eigenvalue weighted by atomic mass is 10.2. The fraction of sp³-hybridized carbons (Fsp3) is 0.250. The highest BCUT2D eigenvalue weighted by molar-refractivity contribution is 5.75. The summed E-state index contributed by atoms with van der Waals surface area (Å²) < 4.78 is 5.47. The Kier molecular flexibility index (Phi) is 5.58. The van der Waals surface area contributed by atoms with E-state index >= 15 is 0 Å². The molecule has 0 radical (unpaired) electrons. The zero-order chi connectivity index (χ0) is 14.9. The molecule has 0 aliphatic heterocycles. The molecule has 1 aromatic carbocycles. The number of ether oxygens (including phenoxy) is 1. The molecule has 0 unspecified atom stereocenters. The summed E-state index contributed by atoms with van der Waals surface area (Å²) in [6, 6.07) is 12.9. The molecule has 0 spiro atoms. The van der Waals surface area contributed by atoms with E-state index in [4.69, 9.17) is 10.5 Å². The van der Waals surface area contributed by atoms with Gasteiger partial charge in [0.15, 0.2) is 0 Å². The van der Waals surface area contributed by atoms with Crippen molar-refractivity contribution in [3.8, 4) is 5.75 Å². The average Bonchev–Trinajstić information content (AvgIpc) is 2.50. The molecule has 3 N–H and O–H groups in total. The summed E-state index contributed by atoms with van der Waals surface area (Å²) in [4.78, 5) is 15.8. The van der Waals surface area contributed by atoms with Crippen molar-refractivity contribution in [1.82, 2.24) is 10.3 Å². The quantitative estimate of drug-likeness (QED) is 0.760. The molecule has 0 atom stereocenters. The fourth-order valence-corrected chi connectivity index (χ4v) is 1.79. The van der Waals surface area contributed by atoms with Crippen LogP contribution in [0.15, 0.2) is 48.7 Å². The minimum Gasteiger partial charge on any atom is -0.493 e. The predicted molar refractivity (Wildman–Crippen MR) is 81.9 cm³/mol. The van der Waals surface area contributed by atoms with Crippen molar-refractivity contribution in [1.29, 1.82) is 0 Å². The average molecular weight is 285 g/mol. The van der Waals surface area contributed by atoms with Crippen molar-refractivity contribution in [2.75, 3.05) is 18.9 Å². The van der Waals surface area contributed by atoms with Crippen LogP contribution in [0, 0.1) is 0 Å². The highest BCUT2D eigenvalue weighted by atomic mass is 16.5. The Morgan fingerprint density at radius 2 is 2.00 bits per heavy atom. The van der Waals surface area contributed by atoms with Crippen molar-refractivity contribution in [2.45, 2.75) is 12.8 Å². The molecular formula is C16H19N3O2. The first-order valence-corrected chi connectivity index (χ1v) is 6.89. The van der Waals surface area contributed by atoms with Crippen LogP contribution < -0.4 is 15.8 Å². The number of pyridine rings is 1. The van der Waals surface area contributed by atoms with E-state index in [0.717, 1.165) is 12.1 Å². The van der Waals surface area contributed by atoms with E-state index in [-0.39, 0.29) is 5.91 Å². The van der Waals surface area contributed by atoms with Gasteiger partial charge in [0, 0.05) is 30.5 Å². The molecule has 1 heterocycles. The maximum atomic E-state index is 11.6. The van der Waals surface area contributed by atoms with E-state index in [1.165, 1.54) is 0 Å². The van der Waals surface area contributed by atoms with Gasteiger partial charge in [-0.15, -0.1) is 0 Å². The second-order valence-electron chi connectivity index (χ2n) is 4.59. The number of anilines is 1. The molecule has 1 amide bonds. The summed E-state index contributed by atoms with van der Waals surface area (Å²) in [6.07, 6.45) is 2.80. The van der Waals surface area contributed by atoms with E-state index in [9.17, 15) is 4.79 Å². The summed E-state index contributed by atoms with van der Waals surface area (Å²) >= 11 is 0. The van der Waals surface area contributed by atoms with Crippen molar-refractivity contribution < 1.29 is 9.53 Å². The smallest absolute Gasteiger partial charge is 0.223 e. The standard InChI is InChI=1S/C16H19N3O2/c17-13-4-6-15(7-5-13)21-12-9-16(20)19-11-8-14-3-1-2-10-18-14/h1-7,10H,8-9,11-12,17H2,(H,19,20). The number of benzene rings is 1. The Morgan fingerprint density at radius 3 is 2.71 bits per heavy atom. The third kappa shape index (κ3) is 5.52. The molecular weight excluding hydrogens is 266 g/mol. The van der Waals surface area contributed by atoms with Crippen LogP contribution in [0.3, 0.4) is 0 Å². The summed E-state index contributed by atoms with van der Waals surface area (Å²) in [5.74, 6) is 0.687. The van der Waals surface area contributed by atoms with Crippen LogP contribution in [0.1, 0.15) is 12.1 Å². The number of amides is 1. The highest BCUT2D eigenvalue weighted by Crippen LogP contribution is 2.12. The molecule has 5 heteroatoms. The molecule has 0 saturated carbocycles. The number of nitrogens with two attached hydrogens (primary N) is 1. The minimum absolute atomic E-state index is 0.0265. The second kappa shape index (κ2) is 7.89. The Balaban J connectivity index is 1.60. The Hall–Kier alpha value is -2.56. The van der Waals surface area contributed by atoms with Gasteiger partial charge in [0.1, 0.15) is 5.75 Å². The number of nitrogen functional groups attached to an aromatic ring is 1. The zero-order valence-electron chi connectivity index (χ0n) is 11.8. The van der Waals surface area contributed by atoms with E-state index in [0.29, 0.717) is 31.0 Å². The Morgan fingerprint density at radius 1 is 1.19 bits per heavy atom. The van der Waals surface area contributed by atoms with Crippen LogP contribution in [0.5, 0.6) is 5.75 Å². The van der Waals surface area contributed by atoms with Gasteiger partial charge in [-0.3, -0.25) is 9.78 Å². The lowest BCUT2D eigenvalue weighted by molar-refractivity contribution is -0.121. The minimum atomic E-state index is -0.0265. The molecule has 21 heavy (non-hydrogen) atoms. The van der Waals surface area contributed by atoms with Crippen molar-refractivity contribution >= 4 is 11.6 Å². The van der Waals surface area contributed by atoms with Gasteiger partial charge in [-0.25, -0.2) is 0 Å². The molecule has 1 aromatic heterocycles.